The van der Waals surface area contributed by atoms with Gasteiger partial charge in [0, 0.05) is 35.9 Å². The van der Waals surface area contributed by atoms with Crippen molar-refractivity contribution in [2.24, 2.45) is 7.05 Å². The van der Waals surface area contributed by atoms with Crippen LogP contribution in [-0.4, -0.2) is 15.7 Å². The number of carbonyl (C=O) groups is 1. The third-order valence-electron chi connectivity index (χ3n) is 4.09. The largest absolute Gasteiger partial charge is 0.486 e. The number of aromatic nitrogens is 2. The van der Waals surface area contributed by atoms with E-state index in [1.807, 2.05) is 26.2 Å². The van der Waals surface area contributed by atoms with Gasteiger partial charge in [0.2, 0.25) is 0 Å². The Hall–Kier alpha value is -2.21. The summed E-state index contributed by atoms with van der Waals surface area (Å²) in [7, 11) is 1.85. The third kappa shape index (κ3) is 4.98. The Labute approximate surface area is 178 Å². The Morgan fingerprint density at radius 2 is 1.89 bits per heavy atom. The van der Waals surface area contributed by atoms with E-state index in [-0.39, 0.29) is 12.5 Å². The molecular weight excluding hydrogens is 421 g/mol. The Balaban J connectivity index is 1.65. The van der Waals surface area contributed by atoms with Crippen LogP contribution in [-0.2, 0) is 20.2 Å². The first-order valence-corrected chi connectivity index (χ1v) is 9.60. The maximum Gasteiger partial charge on any atom is 0.251 e. The molecule has 5 nitrogen and oxygen atoms in total. The van der Waals surface area contributed by atoms with Gasteiger partial charge in [0.15, 0.2) is 5.75 Å². The second-order valence-corrected chi connectivity index (χ2v) is 7.53. The lowest BCUT2D eigenvalue weighted by molar-refractivity contribution is 0.0950. The van der Waals surface area contributed by atoms with E-state index in [2.05, 4.69) is 10.4 Å². The molecule has 1 aromatic heterocycles. The summed E-state index contributed by atoms with van der Waals surface area (Å²) in [6.07, 6.45) is 1.89. The molecule has 0 spiro atoms. The van der Waals surface area contributed by atoms with Gasteiger partial charge in [-0.1, -0.05) is 46.9 Å². The molecule has 28 heavy (non-hydrogen) atoms. The first kappa shape index (κ1) is 20.5. The average molecular weight is 439 g/mol. The molecule has 146 valence electrons. The molecule has 0 aliphatic heterocycles. The number of hydrogen-bond donors (Lipinski definition) is 1. The Kier molecular flexibility index (Phi) is 6.50. The lowest BCUT2D eigenvalue weighted by Crippen LogP contribution is -2.23. The van der Waals surface area contributed by atoms with Crippen molar-refractivity contribution in [3.8, 4) is 5.75 Å². The molecule has 0 aliphatic rings. The number of benzene rings is 2. The van der Waals surface area contributed by atoms with Crippen LogP contribution in [0, 0.1) is 6.92 Å². The lowest BCUT2D eigenvalue weighted by Gasteiger charge is -2.11. The molecule has 0 radical (unpaired) electrons. The minimum Gasteiger partial charge on any atom is -0.486 e. The monoisotopic (exact) mass is 437 g/mol. The molecule has 0 aliphatic carbocycles. The number of halogens is 3. The number of rotatable bonds is 6. The van der Waals surface area contributed by atoms with Crippen molar-refractivity contribution in [2.45, 2.75) is 20.1 Å². The van der Waals surface area contributed by atoms with E-state index in [9.17, 15) is 4.79 Å². The van der Waals surface area contributed by atoms with Crippen LogP contribution in [0.1, 0.15) is 27.2 Å². The van der Waals surface area contributed by atoms with E-state index in [0.29, 0.717) is 32.9 Å². The third-order valence-corrected chi connectivity index (χ3v) is 4.87. The smallest absolute Gasteiger partial charge is 0.251 e. The second-order valence-electron chi connectivity index (χ2n) is 6.28. The molecule has 1 heterocycles. The summed E-state index contributed by atoms with van der Waals surface area (Å²) >= 11 is 18.2. The van der Waals surface area contributed by atoms with Crippen LogP contribution >= 0.6 is 34.8 Å². The van der Waals surface area contributed by atoms with Crippen molar-refractivity contribution in [3.63, 3.8) is 0 Å². The fourth-order valence-corrected chi connectivity index (χ4v) is 3.65. The van der Waals surface area contributed by atoms with Gasteiger partial charge in [-0.3, -0.25) is 9.48 Å². The molecule has 0 unspecified atom stereocenters. The maximum atomic E-state index is 12.5. The lowest BCUT2D eigenvalue weighted by atomic mass is 10.1. The Morgan fingerprint density at radius 1 is 1.18 bits per heavy atom. The molecular formula is C20H18Cl3N3O2. The molecule has 1 amide bonds. The van der Waals surface area contributed by atoms with E-state index in [1.54, 1.807) is 35.0 Å². The molecule has 2 aromatic carbocycles. The van der Waals surface area contributed by atoms with Crippen LogP contribution in [0.4, 0.5) is 0 Å². The molecule has 3 aromatic rings. The van der Waals surface area contributed by atoms with Crippen molar-refractivity contribution < 1.29 is 9.53 Å². The highest BCUT2D eigenvalue weighted by Crippen LogP contribution is 2.36. The summed E-state index contributed by atoms with van der Waals surface area (Å²) in [5.41, 5.74) is 3.22. The molecule has 0 fully saturated rings. The van der Waals surface area contributed by atoms with Crippen molar-refractivity contribution >= 4 is 40.7 Å². The summed E-state index contributed by atoms with van der Waals surface area (Å²) in [5, 5.41) is 8.27. The van der Waals surface area contributed by atoms with Gasteiger partial charge < -0.3 is 10.1 Å². The predicted octanol–water partition coefficient (Wildman–Crippen LogP) is 5.20. The van der Waals surface area contributed by atoms with Crippen LogP contribution in [0.5, 0.6) is 5.75 Å². The molecule has 0 saturated heterocycles. The highest BCUT2D eigenvalue weighted by atomic mass is 35.5. The number of amides is 1. The average Bonchev–Trinajstić information content (AvgIpc) is 2.96. The first-order chi connectivity index (χ1) is 13.3. The van der Waals surface area contributed by atoms with Gasteiger partial charge in [0.1, 0.15) is 6.61 Å². The zero-order valence-electron chi connectivity index (χ0n) is 15.3. The second kappa shape index (κ2) is 8.86. The van der Waals surface area contributed by atoms with E-state index in [0.717, 1.165) is 16.8 Å². The van der Waals surface area contributed by atoms with Crippen molar-refractivity contribution in [1.29, 1.82) is 0 Å². The Bertz CT molecular complexity index is 995. The van der Waals surface area contributed by atoms with Crippen molar-refractivity contribution in [1.82, 2.24) is 15.1 Å². The fraction of sp³-hybridized carbons (Fsp3) is 0.200. The summed E-state index contributed by atoms with van der Waals surface area (Å²) in [5.74, 6) is 0.183. The summed E-state index contributed by atoms with van der Waals surface area (Å²) in [4.78, 5) is 12.5. The minimum absolute atomic E-state index is 0.173. The number of nitrogens with zero attached hydrogens (tertiary/aromatic N) is 2. The van der Waals surface area contributed by atoms with Crippen LogP contribution in [0.3, 0.4) is 0 Å². The highest BCUT2D eigenvalue weighted by molar-refractivity contribution is 6.40. The SMILES string of the molecule is Cc1nn(C)cc1CNC(=O)c1cccc(COc2c(Cl)cc(Cl)cc2Cl)c1. The van der Waals surface area contributed by atoms with Crippen molar-refractivity contribution in [3.05, 3.63) is 80.0 Å². The number of hydrogen-bond acceptors (Lipinski definition) is 3. The molecule has 0 saturated carbocycles. The van der Waals surface area contributed by atoms with Gasteiger partial charge in [-0.05, 0) is 36.8 Å². The zero-order valence-corrected chi connectivity index (χ0v) is 17.6. The van der Waals surface area contributed by atoms with Gasteiger partial charge in [-0.15, -0.1) is 0 Å². The molecule has 3 rings (SSSR count). The van der Waals surface area contributed by atoms with Gasteiger partial charge in [0.05, 0.1) is 15.7 Å². The van der Waals surface area contributed by atoms with E-state index >= 15 is 0 Å². The summed E-state index contributed by atoms with van der Waals surface area (Å²) in [6, 6.07) is 10.3. The fourth-order valence-electron chi connectivity index (χ4n) is 2.72. The van der Waals surface area contributed by atoms with Crippen LogP contribution in [0.2, 0.25) is 15.1 Å². The summed E-state index contributed by atoms with van der Waals surface area (Å²) in [6.45, 7) is 2.53. The number of ether oxygens (including phenoxy) is 1. The topological polar surface area (TPSA) is 56.2 Å². The highest BCUT2D eigenvalue weighted by Gasteiger charge is 2.11. The molecule has 0 bridgehead atoms. The summed E-state index contributed by atoms with van der Waals surface area (Å²) < 4.78 is 7.45. The van der Waals surface area contributed by atoms with Crippen LogP contribution < -0.4 is 10.1 Å². The normalized spacial score (nSPS) is 10.8. The van der Waals surface area contributed by atoms with E-state index in [4.69, 9.17) is 39.5 Å². The molecule has 1 N–H and O–H groups in total. The van der Waals surface area contributed by atoms with Gasteiger partial charge in [-0.2, -0.15) is 5.10 Å². The number of nitrogens with one attached hydrogen (secondary N) is 1. The number of carbonyl (C=O) groups excluding carboxylic acids is 1. The predicted molar refractivity (Wildman–Crippen MR) is 111 cm³/mol. The van der Waals surface area contributed by atoms with Gasteiger partial charge in [0.25, 0.3) is 5.91 Å². The van der Waals surface area contributed by atoms with Crippen LogP contribution in [0.15, 0.2) is 42.6 Å². The Morgan fingerprint density at radius 3 is 2.54 bits per heavy atom. The van der Waals surface area contributed by atoms with Crippen molar-refractivity contribution in [2.75, 3.05) is 0 Å². The zero-order chi connectivity index (χ0) is 20.3. The van der Waals surface area contributed by atoms with Crippen LogP contribution in [0.25, 0.3) is 0 Å². The first-order valence-electron chi connectivity index (χ1n) is 8.47. The minimum atomic E-state index is -0.173. The van der Waals surface area contributed by atoms with E-state index < -0.39 is 0 Å². The molecule has 8 heteroatoms. The van der Waals surface area contributed by atoms with Gasteiger partial charge in [-0.25, -0.2) is 0 Å². The molecule has 0 atom stereocenters. The quantitative estimate of drug-likeness (QED) is 0.575. The standard InChI is InChI=1S/C20H18Cl3N3O2/c1-12-15(10-26(2)25-12)9-24-20(27)14-5-3-4-13(6-14)11-28-19-17(22)7-16(21)8-18(19)23/h3-8,10H,9,11H2,1-2H3,(H,24,27). The van der Waals surface area contributed by atoms with E-state index in [1.165, 1.54) is 0 Å². The number of aryl methyl sites for hydroxylation is 2. The van der Waals surface area contributed by atoms with Gasteiger partial charge >= 0.3 is 0 Å². The maximum absolute atomic E-state index is 12.5.